The number of likely N-dealkylation sites (N-methyl/N-ethyl adjacent to an activating group) is 1. The van der Waals surface area contributed by atoms with Gasteiger partial charge in [-0.2, -0.15) is 0 Å². The van der Waals surface area contributed by atoms with Gasteiger partial charge in [-0.1, -0.05) is 48.5 Å². The number of aromatic hydroxyl groups is 1. The quantitative estimate of drug-likeness (QED) is 0.406. The zero-order chi connectivity index (χ0) is 24.8. The van der Waals surface area contributed by atoms with Crippen LogP contribution in [0.15, 0.2) is 85.2 Å². The molecule has 0 aliphatic carbocycles. The standard InChI is InChI=1S/C27H27N5O3/c1-31(18-24(34)20-11-8-13-22(33)15-20)26(35)23-16-29-27(30-25(23)19-9-4-3-5-10-19)32(2)17-21-12-6-7-14-28-21/h3-16,24,33-34H,17-18H2,1-2H3. The number of aliphatic hydroxyl groups is 1. The van der Waals surface area contributed by atoms with Gasteiger partial charge in [0, 0.05) is 32.1 Å². The van der Waals surface area contributed by atoms with E-state index in [0.717, 1.165) is 11.3 Å². The predicted molar refractivity (Wildman–Crippen MR) is 134 cm³/mol. The number of phenols is 1. The average molecular weight is 470 g/mol. The Kier molecular flexibility index (Phi) is 7.32. The summed E-state index contributed by atoms with van der Waals surface area (Å²) in [5.41, 5.74) is 3.02. The molecule has 178 valence electrons. The zero-order valence-electron chi connectivity index (χ0n) is 19.6. The van der Waals surface area contributed by atoms with Crippen LogP contribution in [0.3, 0.4) is 0 Å². The van der Waals surface area contributed by atoms with Crippen LogP contribution in [0.5, 0.6) is 5.75 Å². The van der Waals surface area contributed by atoms with Gasteiger partial charge in [0.25, 0.3) is 5.91 Å². The zero-order valence-corrected chi connectivity index (χ0v) is 19.6. The first-order chi connectivity index (χ1) is 16.9. The lowest BCUT2D eigenvalue weighted by Crippen LogP contribution is -2.32. The number of amides is 1. The molecule has 0 fully saturated rings. The molecule has 2 N–H and O–H groups in total. The van der Waals surface area contributed by atoms with Crippen LogP contribution in [0, 0.1) is 0 Å². The number of benzene rings is 2. The van der Waals surface area contributed by atoms with Crippen LogP contribution in [-0.4, -0.2) is 56.6 Å². The maximum Gasteiger partial charge on any atom is 0.257 e. The summed E-state index contributed by atoms with van der Waals surface area (Å²) in [6.45, 7) is 0.552. The SMILES string of the molecule is CN(CC(O)c1cccc(O)c1)C(=O)c1cnc(N(C)Cc2ccccn2)nc1-c1ccccc1. The van der Waals surface area contributed by atoms with E-state index in [1.165, 1.54) is 23.2 Å². The molecule has 0 aliphatic heterocycles. The number of anilines is 1. The smallest absolute Gasteiger partial charge is 0.257 e. The predicted octanol–water partition coefficient (Wildman–Crippen LogP) is 3.69. The van der Waals surface area contributed by atoms with E-state index in [1.807, 2.05) is 60.5 Å². The summed E-state index contributed by atoms with van der Waals surface area (Å²) in [7, 11) is 3.49. The minimum absolute atomic E-state index is 0.0395. The highest BCUT2D eigenvalue weighted by Gasteiger charge is 2.23. The number of nitrogens with zero attached hydrogens (tertiary/aromatic N) is 5. The second-order valence-corrected chi connectivity index (χ2v) is 8.27. The number of hydrogen-bond donors (Lipinski definition) is 2. The largest absolute Gasteiger partial charge is 0.508 e. The maximum atomic E-state index is 13.4. The van der Waals surface area contributed by atoms with Gasteiger partial charge in [0.15, 0.2) is 0 Å². The van der Waals surface area contributed by atoms with Gasteiger partial charge in [-0.3, -0.25) is 9.78 Å². The number of hydrogen-bond acceptors (Lipinski definition) is 7. The lowest BCUT2D eigenvalue weighted by Gasteiger charge is -2.23. The highest BCUT2D eigenvalue weighted by molar-refractivity contribution is 5.99. The molecule has 0 aliphatic rings. The number of aliphatic hydroxyl groups excluding tert-OH is 1. The van der Waals surface area contributed by atoms with Crippen molar-refractivity contribution in [1.29, 1.82) is 0 Å². The van der Waals surface area contributed by atoms with Gasteiger partial charge >= 0.3 is 0 Å². The first-order valence-corrected chi connectivity index (χ1v) is 11.2. The summed E-state index contributed by atoms with van der Waals surface area (Å²) in [5.74, 6) is 0.205. The third-order valence-corrected chi connectivity index (χ3v) is 5.57. The van der Waals surface area contributed by atoms with Gasteiger partial charge in [0.05, 0.1) is 36.1 Å². The molecule has 1 amide bonds. The molecule has 8 nitrogen and oxygen atoms in total. The molecule has 1 atom stereocenters. The second-order valence-electron chi connectivity index (χ2n) is 8.27. The van der Waals surface area contributed by atoms with E-state index in [1.54, 1.807) is 25.4 Å². The van der Waals surface area contributed by atoms with Gasteiger partial charge in [-0.15, -0.1) is 0 Å². The Morgan fingerprint density at radius 2 is 1.74 bits per heavy atom. The summed E-state index contributed by atoms with van der Waals surface area (Å²) < 4.78 is 0. The molecule has 0 radical (unpaired) electrons. The van der Waals surface area contributed by atoms with Crippen molar-refractivity contribution in [2.45, 2.75) is 12.6 Å². The molecule has 1 unspecified atom stereocenters. The third-order valence-electron chi connectivity index (χ3n) is 5.57. The van der Waals surface area contributed by atoms with Gasteiger partial charge < -0.3 is 20.0 Å². The van der Waals surface area contributed by atoms with Crippen LogP contribution in [0.25, 0.3) is 11.3 Å². The van der Waals surface area contributed by atoms with Crippen LogP contribution in [-0.2, 0) is 6.54 Å². The fraction of sp³-hybridized carbons (Fsp3) is 0.185. The van der Waals surface area contributed by atoms with Gasteiger partial charge in [0.1, 0.15) is 5.75 Å². The molecule has 0 saturated carbocycles. The van der Waals surface area contributed by atoms with E-state index in [0.29, 0.717) is 29.3 Å². The number of rotatable bonds is 8. The summed E-state index contributed by atoms with van der Waals surface area (Å²) in [4.78, 5) is 30.3. The van der Waals surface area contributed by atoms with E-state index in [9.17, 15) is 15.0 Å². The van der Waals surface area contributed by atoms with Crippen molar-refractivity contribution in [3.05, 3.63) is 102 Å². The summed E-state index contributed by atoms with van der Waals surface area (Å²) in [6, 6.07) is 21.5. The topological polar surface area (TPSA) is 103 Å². The van der Waals surface area contributed by atoms with Crippen LogP contribution >= 0.6 is 0 Å². The Morgan fingerprint density at radius 3 is 2.46 bits per heavy atom. The van der Waals surface area contributed by atoms with Crippen molar-refractivity contribution in [2.24, 2.45) is 0 Å². The highest BCUT2D eigenvalue weighted by atomic mass is 16.3. The Morgan fingerprint density at radius 1 is 0.971 bits per heavy atom. The van der Waals surface area contributed by atoms with Gasteiger partial charge in [0.2, 0.25) is 5.95 Å². The van der Waals surface area contributed by atoms with Gasteiger partial charge in [-0.05, 0) is 29.8 Å². The normalized spacial score (nSPS) is 11.6. The van der Waals surface area contributed by atoms with Crippen molar-refractivity contribution >= 4 is 11.9 Å². The molecule has 0 saturated heterocycles. The summed E-state index contributed by atoms with van der Waals surface area (Å²) >= 11 is 0. The molecule has 0 bridgehead atoms. The van der Waals surface area contributed by atoms with Crippen molar-refractivity contribution in [3.8, 4) is 17.0 Å². The Hall–Kier alpha value is -4.30. The van der Waals surface area contributed by atoms with Crippen LogP contribution in [0.4, 0.5) is 5.95 Å². The molecule has 2 aromatic heterocycles. The van der Waals surface area contributed by atoms with Crippen molar-refractivity contribution in [2.75, 3.05) is 25.5 Å². The number of aromatic nitrogens is 3. The van der Waals surface area contributed by atoms with E-state index in [-0.39, 0.29) is 18.2 Å². The van der Waals surface area contributed by atoms with Crippen LogP contribution < -0.4 is 4.90 Å². The number of phenolic OH excluding ortho intramolecular Hbond substituents is 1. The second kappa shape index (κ2) is 10.8. The molecule has 8 heteroatoms. The molecule has 2 aromatic carbocycles. The minimum atomic E-state index is -0.957. The highest BCUT2D eigenvalue weighted by Crippen LogP contribution is 2.26. The Bertz CT molecular complexity index is 1280. The van der Waals surface area contributed by atoms with Crippen molar-refractivity contribution < 1.29 is 15.0 Å². The molecule has 35 heavy (non-hydrogen) atoms. The number of pyridine rings is 1. The van der Waals surface area contributed by atoms with Gasteiger partial charge in [-0.25, -0.2) is 9.97 Å². The first kappa shape index (κ1) is 23.8. The Labute approximate surface area is 204 Å². The number of carbonyl (C=O) groups excluding carboxylic acids is 1. The first-order valence-electron chi connectivity index (χ1n) is 11.2. The molecule has 4 aromatic rings. The molecule has 2 heterocycles. The molecular weight excluding hydrogens is 442 g/mol. The fourth-order valence-corrected chi connectivity index (χ4v) is 3.72. The van der Waals surface area contributed by atoms with E-state index < -0.39 is 6.10 Å². The van der Waals surface area contributed by atoms with E-state index in [2.05, 4.69) is 9.97 Å². The molecule has 0 spiro atoms. The van der Waals surface area contributed by atoms with Crippen molar-refractivity contribution in [3.63, 3.8) is 0 Å². The monoisotopic (exact) mass is 469 g/mol. The van der Waals surface area contributed by atoms with Crippen molar-refractivity contribution in [1.82, 2.24) is 19.9 Å². The Balaban J connectivity index is 1.61. The summed E-state index contributed by atoms with van der Waals surface area (Å²) in [5, 5.41) is 20.3. The lowest BCUT2D eigenvalue weighted by molar-refractivity contribution is 0.0681. The lowest BCUT2D eigenvalue weighted by atomic mass is 10.1. The minimum Gasteiger partial charge on any atom is -0.508 e. The molecule has 4 rings (SSSR count). The fourth-order valence-electron chi connectivity index (χ4n) is 3.72. The third kappa shape index (κ3) is 5.80. The average Bonchev–Trinajstić information content (AvgIpc) is 2.89. The maximum absolute atomic E-state index is 13.4. The summed E-state index contributed by atoms with van der Waals surface area (Å²) in [6.07, 6.45) is 2.31. The van der Waals surface area contributed by atoms with E-state index in [4.69, 9.17) is 4.98 Å². The van der Waals surface area contributed by atoms with Crippen LogP contribution in [0.1, 0.15) is 27.7 Å². The number of carbonyl (C=O) groups is 1. The van der Waals surface area contributed by atoms with E-state index >= 15 is 0 Å². The van der Waals surface area contributed by atoms with Crippen LogP contribution in [0.2, 0.25) is 0 Å². The molecular formula is C27H27N5O3.